The quantitative estimate of drug-likeness (QED) is 0.689. The highest BCUT2D eigenvalue weighted by Crippen LogP contribution is 2.47. The van der Waals surface area contributed by atoms with Crippen LogP contribution in [0.25, 0.3) is 0 Å². The first-order chi connectivity index (χ1) is 7.33. The van der Waals surface area contributed by atoms with Crippen molar-refractivity contribution in [1.29, 1.82) is 0 Å². The minimum Gasteiger partial charge on any atom is -0.327 e. The van der Waals surface area contributed by atoms with Crippen molar-refractivity contribution in [2.75, 3.05) is 13.1 Å². The van der Waals surface area contributed by atoms with Crippen molar-refractivity contribution >= 4 is 0 Å². The van der Waals surface area contributed by atoms with E-state index in [9.17, 15) is 4.39 Å². The summed E-state index contributed by atoms with van der Waals surface area (Å²) in [6.45, 7) is 8.89. The summed E-state index contributed by atoms with van der Waals surface area (Å²) in [6.07, 6.45) is 2.77. The zero-order chi connectivity index (χ0) is 12.0. The maximum absolute atomic E-state index is 13.4. The zero-order valence-electron chi connectivity index (χ0n) is 10.8. The van der Waals surface area contributed by atoms with Crippen LogP contribution in [0.4, 0.5) is 4.39 Å². The molecule has 0 radical (unpaired) electrons. The molecule has 0 amide bonds. The summed E-state index contributed by atoms with van der Waals surface area (Å²) < 4.78 is 13.4. The number of nitrogens with two attached hydrogens (primary N) is 1. The standard InChI is InChI=1S/C13H25FN2/c1-12(2,3)16-6-4-13(5-7-16)9-10(14)8-11(13)15/h10-11H,4-9,15H2,1-3H3/t10?,11-/m0/s1. The van der Waals surface area contributed by atoms with Crippen molar-refractivity contribution < 1.29 is 4.39 Å². The lowest BCUT2D eigenvalue weighted by Crippen LogP contribution is -2.52. The fourth-order valence-corrected chi connectivity index (χ4v) is 3.40. The first-order valence-electron chi connectivity index (χ1n) is 6.48. The van der Waals surface area contributed by atoms with Gasteiger partial charge in [0.25, 0.3) is 0 Å². The predicted molar refractivity (Wildman–Crippen MR) is 65.1 cm³/mol. The second kappa shape index (κ2) is 3.95. The van der Waals surface area contributed by atoms with Gasteiger partial charge < -0.3 is 5.73 Å². The summed E-state index contributed by atoms with van der Waals surface area (Å²) in [5.41, 5.74) is 6.48. The average Bonchev–Trinajstić information content (AvgIpc) is 2.41. The second-order valence-electron chi connectivity index (χ2n) is 6.66. The molecule has 1 aliphatic carbocycles. The molecule has 1 aliphatic heterocycles. The van der Waals surface area contributed by atoms with Crippen LogP contribution in [-0.4, -0.2) is 35.7 Å². The fraction of sp³-hybridized carbons (Fsp3) is 1.00. The minimum absolute atomic E-state index is 0.0876. The largest absolute Gasteiger partial charge is 0.327 e. The van der Waals surface area contributed by atoms with Gasteiger partial charge in [-0.05, 0) is 65.0 Å². The van der Waals surface area contributed by atoms with Gasteiger partial charge in [0.1, 0.15) is 6.17 Å². The van der Waals surface area contributed by atoms with Gasteiger partial charge in [0.15, 0.2) is 0 Å². The van der Waals surface area contributed by atoms with E-state index in [2.05, 4.69) is 25.7 Å². The van der Waals surface area contributed by atoms with Crippen LogP contribution < -0.4 is 5.73 Å². The minimum atomic E-state index is -0.656. The van der Waals surface area contributed by atoms with Crippen LogP contribution in [-0.2, 0) is 0 Å². The Labute approximate surface area is 98.4 Å². The molecule has 1 heterocycles. The number of halogens is 1. The maximum Gasteiger partial charge on any atom is 0.102 e. The van der Waals surface area contributed by atoms with Crippen molar-refractivity contribution in [2.45, 2.75) is 64.2 Å². The molecule has 2 aliphatic rings. The third-order valence-corrected chi connectivity index (χ3v) is 4.63. The molecular weight excluding hydrogens is 203 g/mol. The highest BCUT2D eigenvalue weighted by molar-refractivity contribution is 5.02. The van der Waals surface area contributed by atoms with Crippen LogP contribution in [0.2, 0.25) is 0 Å². The van der Waals surface area contributed by atoms with E-state index in [0.29, 0.717) is 12.8 Å². The molecule has 0 aromatic heterocycles. The molecular formula is C13H25FN2. The van der Waals surface area contributed by atoms with E-state index >= 15 is 0 Å². The topological polar surface area (TPSA) is 29.3 Å². The highest BCUT2D eigenvalue weighted by atomic mass is 19.1. The van der Waals surface area contributed by atoms with Crippen LogP contribution in [0, 0.1) is 5.41 Å². The highest BCUT2D eigenvalue weighted by Gasteiger charge is 2.48. The van der Waals surface area contributed by atoms with Gasteiger partial charge in [-0.15, -0.1) is 0 Å². The Morgan fingerprint density at radius 1 is 1.25 bits per heavy atom. The van der Waals surface area contributed by atoms with Crippen molar-refractivity contribution in [3.05, 3.63) is 0 Å². The lowest BCUT2D eigenvalue weighted by Gasteiger charge is -2.46. The van der Waals surface area contributed by atoms with E-state index in [1.54, 1.807) is 0 Å². The van der Waals surface area contributed by atoms with Gasteiger partial charge in [0.05, 0.1) is 0 Å². The molecule has 0 bridgehead atoms. The first kappa shape index (κ1) is 12.3. The molecule has 0 aromatic rings. The number of hydrogen-bond acceptors (Lipinski definition) is 2. The molecule has 16 heavy (non-hydrogen) atoms. The van der Waals surface area contributed by atoms with Crippen molar-refractivity contribution in [2.24, 2.45) is 11.1 Å². The molecule has 1 saturated carbocycles. The van der Waals surface area contributed by atoms with Crippen molar-refractivity contribution in [3.8, 4) is 0 Å². The van der Waals surface area contributed by atoms with Crippen LogP contribution in [0.15, 0.2) is 0 Å². The molecule has 94 valence electrons. The molecule has 2 N–H and O–H groups in total. The average molecular weight is 228 g/mol. The van der Waals surface area contributed by atoms with Crippen LogP contribution in [0.5, 0.6) is 0 Å². The van der Waals surface area contributed by atoms with Gasteiger partial charge in [0, 0.05) is 11.6 Å². The monoisotopic (exact) mass is 228 g/mol. The van der Waals surface area contributed by atoms with E-state index in [0.717, 1.165) is 25.9 Å². The maximum atomic E-state index is 13.4. The van der Waals surface area contributed by atoms with Gasteiger partial charge in [-0.2, -0.15) is 0 Å². The van der Waals surface area contributed by atoms with E-state index in [4.69, 9.17) is 5.73 Å². The summed E-state index contributed by atoms with van der Waals surface area (Å²) in [7, 11) is 0. The Balaban J connectivity index is 1.99. The number of alkyl halides is 1. The van der Waals surface area contributed by atoms with E-state index < -0.39 is 6.17 Å². The molecule has 1 saturated heterocycles. The van der Waals surface area contributed by atoms with Gasteiger partial charge in [-0.1, -0.05) is 0 Å². The van der Waals surface area contributed by atoms with Gasteiger partial charge >= 0.3 is 0 Å². The molecule has 3 heteroatoms. The Bertz CT molecular complexity index is 251. The predicted octanol–water partition coefficient (Wildman–Crippen LogP) is 2.33. The number of piperidine rings is 1. The molecule has 2 fully saturated rings. The van der Waals surface area contributed by atoms with E-state index in [-0.39, 0.29) is 17.0 Å². The SMILES string of the molecule is CC(C)(C)N1CCC2(CC1)CC(F)C[C@@H]2N. The summed E-state index contributed by atoms with van der Waals surface area (Å²) in [5, 5.41) is 0. The summed E-state index contributed by atoms with van der Waals surface area (Å²) in [5.74, 6) is 0. The van der Waals surface area contributed by atoms with E-state index in [1.807, 2.05) is 0 Å². The third kappa shape index (κ3) is 2.12. The Morgan fingerprint density at radius 3 is 2.19 bits per heavy atom. The first-order valence-corrected chi connectivity index (χ1v) is 6.48. The lowest BCUT2D eigenvalue weighted by atomic mass is 9.73. The molecule has 0 aromatic carbocycles. The number of likely N-dealkylation sites (tertiary alicyclic amines) is 1. The summed E-state index contributed by atoms with van der Waals surface area (Å²) in [6, 6.07) is 0.0876. The Morgan fingerprint density at radius 2 is 1.81 bits per heavy atom. The zero-order valence-corrected chi connectivity index (χ0v) is 10.8. The van der Waals surface area contributed by atoms with Gasteiger partial charge in [-0.25, -0.2) is 4.39 Å². The fourth-order valence-electron chi connectivity index (χ4n) is 3.40. The van der Waals surface area contributed by atoms with Crippen molar-refractivity contribution in [1.82, 2.24) is 4.90 Å². The van der Waals surface area contributed by atoms with Crippen LogP contribution in [0.1, 0.15) is 46.5 Å². The molecule has 1 spiro atoms. The number of nitrogens with zero attached hydrogens (tertiary/aromatic N) is 1. The molecule has 1 unspecified atom stereocenters. The Hall–Kier alpha value is -0.150. The smallest absolute Gasteiger partial charge is 0.102 e. The number of rotatable bonds is 0. The second-order valence-corrected chi connectivity index (χ2v) is 6.66. The third-order valence-electron chi connectivity index (χ3n) is 4.63. The Kier molecular flexibility index (Phi) is 3.04. The van der Waals surface area contributed by atoms with Crippen LogP contribution in [0.3, 0.4) is 0 Å². The summed E-state index contributed by atoms with van der Waals surface area (Å²) >= 11 is 0. The van der Waals surface area contributed by atoms with Crippen LogP contribution >= 0.6 is 0 Å². The summed E-state index contributed by atoms with van der Waals surface area (Å²) in [4.78, 5) is 2.50. The van der Waals surface area contributed by atoms with Gasteiger partial charge in [0.2, 0.25) is 0 Å². The lowest BCUT2D eigenvalue weighted by molar-refractivity contribution is 0.0354. The van der Waals surface area contributed by atoms with Crippen molar-refractivity contribution in [3.63, 3.8) is 0 Å². The van der Waals surface area contributed by atoms with Gasteiger partial charge in [-0.3, -0.25) is 4.90 Å². The normalized spacial score (nSPS) is 35.8. The molecule has 2 rings (SSSR count). The molecule has 2 nitrogen and oxygen atoms in total. The van der Waals surface area contributed by atoms with E-state index in [1.165, 1.54) is 0 Å². The number of hydrogen-bond donors (Lipinski definition) is 1. The molecule has 2 atom stereocenters.